The van der Waals surface area contributed by atoms with E-state index in [9.17, 15) is 5.11 Å². The fourth-order valence-corrected chi connectivity index (χ4v) is 2.52. The highest BCUT2D eigenvalue weighted by Crippen LogP contribution is 2.30. The lowest BCUT2D eigenvalue weighted by atomic mass is 9.78. The van der Waals surface area contributed by atoms with Crippen LogP contribution in [0.25, 0.3) is 0 Å². The van der Waals surface area contributed by atoms with E-state index in [4.69, 9.17) is 0 Å². The Balaban J connectivity index is 1.99. The van der Waals surface area contributed by atoms with Crippen LogP contribution in [0.2, 0.25) is 0 Å². The summed E-state index contributed by atoms with van der Waals surface area (Å²) >= 11 is 0. The van der Waals surface area contributed by atoms with Gasteiger partial charge in [-0.25, -0.2) is 0 Å². The van der Waals surface area contributed by atoms with Crippen LogP contribution in [0.4, 0.5) is 0 Å². The molecule has 1 saturated carbocycles. The lowest BCUT2D eigenvalue weighted by Gasteiger charge is -2.39. The summed E-state index contributed by atoms with van der Waals surface area (Å²) < 4.78 is 0. The molecule has 2 nitrogen and oxygen atoms in total. The fraction of sp³-hybridized carbons (Fsp3) is 1.00. The molecule has 2 heteroatoms. The van der Waals surface area contributed by atoms with Gasteiger partial charge < -0.3 is 10.4 Å². The second-order valence-electron chi connectivity index (χ2n) is 3.88. The molecule has 3 atom stereocenters. The van der Waals surface area contributed by atoms with E-state index in [2.05, 4.69) is 5.32 Å². The molecule has 64 valence electrons. The summed E-state index contributed by atoms with van der Waals surface area (Å²) in [7, 11) is 0. The summed E-state index contributed by atoms with van der Waals surface area (Å²) in [6.07, 6.45) is 6.13. The predicted molar refractivity (Wildman–Crippen MR) is 44.4 cm³/mol. The van der Waals surface area contributed by atoms with Crippen molar-refractivity contribution in [1.29, 1.82) is 0 Å². The zero-order chi connectivity index (χ0) is 7.68. The van der Waals surface area contributed by atoms with Gasteiger partial charge in [-0.1, -0.05) is 6.42 Å². The third kappa shape index (κ3) is 1.42. The number of aliphatic hydroxyl groups excluding tert-OH is 1. The predicted octanol–water partition coefficient (Wildman–Crippen LogP) is 0.899. The maximum Gasteiger partial charge on any atom is 0.0695 e. The molecule has 1 heterocycles. The van der Waals surface area contributed by atoms with Gasteiger partial charge in [-0.05, 0) is 38.1 Å². The SMILES string of the molecule is O[C@@H]1CCC[C@H]2CCCN[C@H]21. The zero-order valence-corrected chi connectivity index (χ0v) is 6.92. The largest absolute Gasteiger partial charge is 0.391 e. The molecular weight excluding hydrogens is 138 g/mol. The van der Waals surface area contributed by atoms with Crippen LogP contribution in [0.3, 0.4) is 0 Å². The number of fused-ring (bicyclic) bond motifs is 1. The van der Waals surface area contributed by atoms with Gasteiger partial charge in [-0.3, -0.25) is 0 Å². The second kappa shape index (κ2) is 3.11. The molecule has 2 aliphatic rings. The Morgan fingerprint density at radius 1 is 1.09 bits per heavy atom. The highest BCUT2D eigenvalue weighted by atomic mass is 16.3. The Bertz CT molecular complexity index is 136. The molecule has 0 aromatic heterocycles. The van der Waals surface area contributed by atoms with E-state index in [0.29, 0.717) is 6.04 Å². The molecule has 0 bridgehead atoms. The monoisotopic (exact) mass is 155 g/mol. The lowest BCUT2D eigenvalue weighted by molar-refractivity contribution is 0.0424. The molecule has 0 unspecified atom stereocenters. The van der Waals surface area contributed by atoms with E-state index in [1.54, 1.807) is 0 Å². The van der Waals surface area contributed by atoms with Crippen LogP contribution in [0.5, 0.6) is 0 Å². The van der Waals surface area contributed by atoms with Crippen molar-refractivity contribution in [3.05, 3.63) is 0 Å². The summed E-state index contributed by atoms with van der Waals surface area (Å²) in [4.78, 5) is 0. The normalized spacial score (nSPS) is 45.0. The van der Waals surface area contributed by atoms with Crippen molar-refractivity contribution in [2.24, 2.45) is 5.92 Å². The molecular formula is C9H17NO. The van der Waals surface area contributed by atoms with Crippen molar-refractivity contribution < 1.29 is 5.11 Å². The first-order chi connectivity index (χ1) is 5.38. The summed E-state index contributed by atoms with van der Waals surface area (Å²) in [5.41, 5.74) is 0. The van der Waals surface area contributed by atoms with E-state index >= 15 is 0 Å². The third-order valence-electron chi connectivity index (χ3n) is 3.13. The Labute approximate surface area is 68.0 Å². The lowest BCUT2D eigenvalue weighted by Crippen LogP contribution is -2.51. The minimum absolute atomic E-state index is 0.0611. The van der Waals surface area contributed by atoms with Crippen molar-refractivity contribution >= 4 is 0 Å². The zero-order valence-electron chi connectivity index (χ0n) is 6.92. The highest BCUT2D eigenvalue weighted by molar-refractivity contribution is 4.90. The fourth-order valence-electron chi connectivity index (χ4n) is 2.52. The number of hydrogen-bond acceptors (Lipinski definition) is 2. The average molecular weight is 155 g/mol. The Kier molecular flexibility index (Phi) is 2.14. The van der Waals surface area contributed by atoms with E-state index in [1.807, 2.05) is 0 Å². The minimum atomic E-state index is -0.0611. The molecule has 2 rings (SSSR count). The van der Waals surface area contributed by atoms with Crippen molar-refractivity contribution in [2.45, 2.75) is 44.2 Å². The van der Waals surface area contributed by atoms with Crippen LogP contribution in [0.15, 0.2) is 0 Å². The number of hydrogen-bond donors (Lipinski definition) is 2. The molecule has 0 amide bonds. The van der Waals surface area contributed by atoms with Crippen LogP contribution in [0, 0.1) is 5.92 Å². The summed E-state index contributed by atoms with van der Waals surface area (Å²) in [5.74, 6) is 0.771. The van der Waals surface area contributed by atoms with Gasteiger partial charge >= 0.3 is 0 Å². The van der Waals surface area contributed by atoms with E-state index in [1.165, 1.54) is 25.7 Å². The van der Waals surface area contributed by atoms with Crippen LogP contribution >= 0.6 is 0 Å². The van der Waals surface area contributed by atoms with Crippen molar-refractivity contribution in [1.82, 2.24) is 5.32 Å². The quantitative estimate of drug-likeness (QED) is 0.544. The van der Waals surface area contributed by atoms with Crippen molar-refractivity contribution in [2.75, 3.05) is 6.54 Å². The van der Waals surface area contributed by atoms with Gasteiger partial charge in [0.25, 0.3) is 0 Å². The first-order valence-corrected chi connectivity index (χ1v) is 4.79. The number of aliphatic hydroxyl groups is 1. The molecule has 2 fully saturated rings. The first kappa shape index (κ1) is 7.56. The van der Waals surface area contributed by atoms with Crippen LogP contribution < -0.4 is 5.32 Å². The molecule has 11 heavy (non-hydrogen) atoms. The molecule has 1 aliphatic heterocycles. The maximum absolute atomic E-state index is 9.64. The van der Waals surface area contributed by atoms with Gasteiger partial charge in [-0.15, -0.1) is 0 Å². The van der Waals surface area contributed by atoms with E-state index in [-0.39, 0.29) is 6.10 Å². The van der Waals surface area contributed by atoms with E-state index in [0.717, 1.165) is 18.9 Å². The Morgan fingerprint density at radius 3 is 2.73 bits per heavy atom. The smallest absolute Gasteiger partial charge is 0.0695 e. The molecule has 0 aromatic carbocycles. The standard InChI is InChI=1S/C9H17NO/c11-8-5-1-3-7-4-2-6-10-9(7)8/h7-11H,1-6H2/t7-,8+,9+/m0/s1. The maximum atomic E-state index is 9.64. The van der Waals surface area contributed by atoms with Crippen LogP contribution in [-0.4, -0.2) is 23.8 Å². The van der Waals surface area contributed by atoms with Crippen LogP contribution in [-0.2, 0) is 0 Å². The molecule has 1 saturated heterocycles. The van der Waals surface area contributed by atoms with Gasteiger partial charge in [-0.2, -0.15) is 0 Å². The third-order valence-corrected chi connectivity index (χ3v) is 3.13. The average Bonchev–Trinajstić information content (AvgIpc) is 2.06. The second-order valence-corrected chi connectivity index (χ2v) is 3.88. The van der Waals surface area contributed by atoms with Gasteiger partial charge in [0.15, 0.2) is 0 Å². The molecule has 1 aliphatic carbocycles. The minimum Gasteiger partial charge on any atom is -0.391 e. The van der Waals surface area contributed by atoms with Gasteiger partial charge in [0.1, 0.15) is 0 Å². The van der Waals surface area contributed by atoms with Gasteiger partial charge in [0.05, 0.1) is 6.10 Å². The van der Waals surface area contributed by atoms with Gasteiger partial charge in [0, 0.05) is 6.04 Å². The van der Waals surface area contributed by atoms with Crippen molar-refractivity contribution in [3.63, 3.8) is 0 Å². The van der Waals surface area contributed by atoms with Crippen LogP contribution in [0.1, 0.15) is 32.1 Å². The first-order valence-electron chi connectivity index (χ1n) is 4.79. The summed E-state index contributed by atoms with van der Waals surface area (Å²) in [6.45, 7) is 1.11. The summed E-state index contributed by atoms with van der Waals surface area (Å²) in [5, 5.41) is 13.1. The number of nitrogens with one attached hydrogen (secondary N) is 1. The Morgan fingerprint density at radius 2 is 1.91 bits per heavy atom. The van der Waals surface area contributed by atoms with E-state index < -0.39 is 0 Å². The van der Waals surface area contributed by atoms with Crippen molar-refractivity contribution in [3.8, 4) is 0 Å². The molecule has 2 N–H and O–H groups in total. The van der Waals surface area contributed by atoms with Gasteiger partial charge in [0.2, 0.25) is 0 Å². The summed E-state index contributed by atoms with van der Waals surface area (Å²) in [6, 6.07) is 0.428. The molecule has 0 radical (unpaired) electrons. The molecule has 0 aromatic rings. The molecule has 0 spiro atoms. The highest BCUT2D eigenvalue weighted by Gasteiger charge is 2.33. The Hall–Kier alpha value is -0.0800. The number of piperidine rings is 1. The number of rotatable bonds is 0. The topological polar surface area (TPSA) is 32.3 Å².